The molecule has 0 saturated heterocycles. The Morgan fingerprint density at radius 2 is 1.67 bits per heavy atom. The van der Waals surface area contributed by atoms with Crippen LogP contribution in [0.4, 0.5) is 5.69 Å². The third kappa shape index (κ3) is 1.77. The minimum atomic E-state index is -0.506. The third-order valence-electron chi connectivity index (χ3n) is 2.67. The standard InChI is InChI=1S/C12H11NO5/c1-17-11-5-7-8(6-12(11)18-2)10(14)4-3-9(7)13(15)16/h3-6,14H,1-2H3. The Morgan fingerprint density at radius 1 is 1.11 bits per heavy atom. The monoisotopic (exact) mass is 249 g/mol. The van der Waals surface area contributed by atoms with Crippen molar-refractivity contribution in [3.8, 4) is 17.2 Å². The lowest BCUT2D eigenvalue weighted by Gasteiger charge is -2.10. The zero-order valence-electron chi connectivity index (χ0n) is 9.84. The Labute approximate surface area is 103 Å². The van der Waals surface area contributed by atoms with Gasteiger partial charge in [-0.05, 0) is 18.2 Å². The van der Waals surface area contributed by atoms with Crippen molar-refractivity contribution in [1.82, 2.24) is 0 Å². The molecule has 6 nitrogen and oxygen atoms in total. The molecule has 0 radical (unpaired) electrons. The number of non-ortho nitro benzene ring substituents is 1. The van der Waals surface area contributed by atoms with Gasteiger partial charge in [0.2, 0.25) is 0 Å². The van der Waals surface area contributed by atoms with Gasteiger partial charge in [0.1, 0.15) is 5.75 Å². The lowest BCUT2D eigenvalue weighted by Crippen LogP contribution is -1.93. The van der Waals surface area contributed by atoms with E-state index in [0.29, 0.717) is 22.3 Å². The first-order valence-corrected chi connectivity index (χ1v) is 5.10. The fourth-order valence-electron chi connectivity index (χ4n) is 1.80. The number of benzene rings is 2. The molecule has 0 saturated carbocycles. The van der Waals surface area contributed by atoms with Crippen molar-refractivity contribution in [2.45, 2.75) is 0 Å². The van der Waals surface area contributed by atoms with Gasteiger partial charge in [-0.1, -0.05) is 0 Å². The van der Waals surface area contributed by atoms with Crippen molar-refractivity contribution >= 4 is 16.5 Å². The molecule has 0 amide bonds. The first-order chi connectivity index (χ1) is 8.58. The molecular weight excluding hydrogens is 238 g/mol. The summed E-state index contributed by atoms with van der Waals surface area (Å²) in [5.41, 5.74) is -0.0937. The normalized spacial score (nSPS) is 10.3. The van der Waals surface area contributed by atoms with Crippen LogP contribution in [0.3, 0.4) is 0 Å². The fourth-order valence-corrected chi connectivity index (χ4v) is 1.80. The molecule has 94 valence electrons. The van der Waals surface area contributed by atoms with E-state index in [4.69, 9.17) is 9.47 Å². The van der Waals surface area contributed by atoms with Crippen LogP contribution in [-0.4, -0.2) is 24.2 Å². The number of phenolic OH excluding ortho intramolecular Hbond substituents is 1. The van der Waals surface area contributed by atoms with E-state index >= 15 is 0 Å². The van der Waals surface area contributed by atoms with Crippen LogP contribution >= 0.6 is 0 Å². The smallest absolute Gasteiger partial charge is 0.277 e. The van der Waals surface area contributed by atoms with E-state index in [1.807, 2.05) is 0 Å². The second-order valence-corrected chi connectivity index (χ2v) is 3.61. The van der Waals surface area contributed by atoms with Crippen LogP contribution in [0.15, 0.2) is 24.3 Å². The number of rotatable bonds is 3. The molecule has 0 aliphatic heterocycles. The highest BCUT2D eigenvalue weighted by atomic mass is 16.6. The van der Waals surface area contributed by atoms with Crippen LogP contribution in [0, 0.1) is 10.1 Å². The molecule has 2 rings (SSSR count). The highest BCUT2D eigenvalue weighted by Gasteiger charge is 2.17. The number of hydrogen-bond acceptors (Lipinski definition) is 5. The Bertz CT molecular complexity index is 623. The van der Waals surface area contributed by atoms with Crippen molar-refractivity contribution in [2.24, 2.45) is 0 Å². The van der Waals surface area contributed by atoms with E-state index < -0.39 is 4.92 Å². The number of phenols is 1. The predicted octanol–water partition coefficient (Wildman–Crippen LogP) is 2.47. The molecule has 0 aromatic heterocycles. The van der Waals surface area contributed by atoms with Gasteiger partial charge < -0.3 is 14.6 Å². The number of nitro groups is 1. The first kappa shape index (κ1) is 12.0. The minimum absolute atomic E-state index is 0.0449. The summed E-state index contributed by atoms with van der Waals surface area (Å²) in [7, 11) is 2.90. The topological polar surface area (TPSA) is 81.8 Å². The molecular formula is C12H11NO5. The summed E-state index contributed by atoms with van der Waals surface area (Å²) in [6, 6.07) is 5.53. The fraction of sp³-hybridized carbons (Fsp3) is 0.167. The highest BCUT2D eigenvalue weighted by Crippen LogP contribution is 2.39. The van der Waals surface area contributed by atoms with Crippen molar-refractivity contribution in [3.05, 3.63) is 34.4 Å². The predicted molar refractivity (Wildman–Crippen MR) is 65.4 cm³/mol. The molecule has 0 bridgehead atoms. The molecule has 0 aliphatic rings. The van der Waals surface area contributed by atoms with Gasteiger partial charge in [-0.25, -0.2) is 0 Å². The highest BCUT2D eigenvalue weighted by molar-refractivity contribution is 5.97. The second kappa shape index (κ2) is 4.40. The van der Waals surface area contributed by atoms with E-state index in [2.05, 4.69) is 0 Å². The summed E-state index contributed by atoms with van der Waals surface area (Å²) in [6.45, 7) is 0. The van der Waals surface area contributed by atoms with Crippen LogP contribution < -0.4 is 9.47 Å². The second-order valence-electron chi connectivity index (χ2n) is 3.61. The first-order valence-electron chi connectivity index (χ1n) is 5.10. The summed E-state index contributed by atoms with van der Waals surface area (Å²) in [5, 5.41) is 21.3. The van der Waals surface area contributed by atoms with E-state index in [9.17, 15) is 15.2 Å². The Kier molecular flexibility index (Phi) is 2.93. The van der Waals surface area contributed by atoms with Crippen LogP contribution in [0.5, 0.6) is 17.2 Å². The van der Waals surface area contributed by atoms with Crippen molar-refractivity contribution in [1.29, 1.82) is 0 Å². The van der Waals surface area contributed by atoms with Gasteiger partial charge in [-0.2, -0.15) is 0 Å². The number of nitro benzene ring substituents is 1. The van der Waals surface area contributed by atoms with E-state index in [1.165, 1.54) is 38.5 Å². The van der Waals surface area contributed by atoms with Gasteiger partial charge in [-0.15, -0.1) is 0 Å². The quantitative estimate of drug-likeness (QED) is 0.667. The van der Waals surface area contributed by atoms with Crippen LogP contribution in [-0.2, 0) is 0 Å². The number of fused-ring (bicyclic) bond motifs is 1. The Hall–Kier alpha value is -2.50. The summed E-state index contributed by atoms with van der Waals surface area (Å²) in [4.78, 5) is 10.4. The number of nitrogens with zero attached hydrogens (tertiary/aromatic N) is 1. The molecule has 1 N–H and O–H groups in total. The largest absolute Gasteiger partial charge is 0.507 e. The van der Waals surface area contributed by atoms with Crippen molar-refractivity contribution < 1.29 is 19.5 Å². The van der Waals surface area contributed by atoms with Gasteiger partial charge in [0.15, 0.2) is 11.5 Å². The van der Waals surface area contributed by atoms with Gasteiger partial charge in [0.25, 0.3) is 5.69 Å². The lowest BCUT2D eigenvalue weighted by molar-refractivity contribution is -0.383. The van der Waals surface area contributed by atoms with Gasteiger partial charge in [0, 0.05) is 11.5 Å². The van der Waals surface area contributed by atoms with Crippen molar-refractivity contribution in [3.63, 3.8) is 0 Å². The SMILES string of the molecule is COc1cc2c(O)ccc([N+](=O)[O-])c2cc1OC. The maximum Gasteiger partial charge on any atom is 0.277 e. The van der Waals surface area contributed by atoms with Crippen LogP contribution in [0.2, 0.25) is 0 Å². The molecule has 0 fully saturated rings. The molecule has 2 aromatic rings. The summed E-state index contributed by atoms with van der Waals surface area (Å²) in [5.74, 6) is 0.732. The van der Waals surface area contributed by atoms with Gasteiger partial charge in [-0.3, -0.25) is 10.1 Å². The maximum absolute atomic E-state index is 10.9. The van der Waals surface area contributed by atoms with Crippen molar-refractivity contribution in [2.75, 3.05) is 14.2 Å². The van der Waals surface area contributed by atoms with E-state index in [1.54, 1.807) is 0 Å². The number of methoxy groups -OCH3 is 2. The lowest BCUT2D eigenvalue weighted by atomic mass is 10.1. The Balaban J connectivity index is 2.86. The minimum Gasteiger partial charge on any atom is -0.507 e. The van der Waals surface area contributed by atoms with Crippen LogP contribution in [0.1, 0.15) is 0 Å². The molecule has 0 heterocycles. The molecule has 2 aromatic carbocycles. The van der Waals surface area contributed by atoms with E-state index in [0.717, 1.165) is 0 Å². The van der Waals surface area contributed by atoms with Gasteiger partial charge in [0.05, 0.1) is 24.5 Å². The third-order valence-corrected chi connectivity index (χ3v) is 2.67. The van der Waals surface area contributed by atoms with Crippen LogP contribution in [0.25, 0.3) is 10.8 Å². The molecule has 0 spiro atoms. The summed E-state index contributed by atoms with van der Waals surface area (Å²) >= 11 is 0. The number of hydrogen-bond donors (Lipinski definition) is 1. The van der Waals surface area contributed by atoms with E-state index in [-0.39, 0.29) is 11.4 Å². The molecule has 0 unspecified atom stereocenters. The zero-order valence-corrected chi connectivity index (χ0v) is 9.84. The molecule has 6 heteroatoms. The average molecular weight is 249 g/mol. The molecule has 18 heavy (non-hydrogen) atoms. The zero-order chi connectivity index (χ0) is 13.3. The van der Waals surface area contributed by atoms with Gasteiger partial charge >= 0.3 is 0 Å². The average Bonchev–Trinajstić information content (AvgIpc) is 2.37. The molecule has 0 atom stereocenters. The number of ether oxygens (including phenoxy) is 2. The molecule has 0 aliphatic carbocycles. The summed E-state index contributed by atoms with van der Waals surface area (Å²) in [6.07, 6.45) is 0. The number of aromatic hydroxyl groups is 1. The summed E-state index contributed by atoms with van der Waals surface area (Å²) < 4.78 is 10.2. The maximum atomic E-state index is 10.9. The Morgan fingerprint density at radius 3 is 2.17 bits per heavy atom.